The Balaban J connectivity index is 2.25. The minimum Gasteiger partial charge on any atom is -0.396 e. The Morgan fingerprint density at radius 1 is 1.38 bits per heavy atom. The van der Waals surface area contributed by atoms with Crippen LogP contribution < -0.4 is 10.5 Å². The zero-order valence-corrected chi connectivity index (χ0v) is 14.1. The highest BCUT2D eigenvalue weighted by atomic mass is 35.5. The van der Waals surface area contributed by atoms with Gasteiger partial charge in [-0.2, -0.15) is 0 Å². The van der Waals surface area contributed by atoms with Gasteiger partial charge in [-0.25, -0.2) is 13.1 Å². The van der Waals surface area contributed by atoms with Crippen molar-refractivity contribution in [1.29, 1.82) is 0 Å². The minimum atomic E-state index is -3.76. The molecule has 0 saturated carbocycles. The molecule has 0 aromatic heterocycles. The van der Waals surface area contributed by atoms with E-state index in [9.17, 15) is 8.42 Å². The second kappa shape index (κ2) is 5.93. The number of benzene rings is 1. The summed E-state index contributed by atoms with van der Waals surface area (Å²) in [5.41, 5.74) is 5.39. The first-order valence-electron chi connectivity index (χ1n) is 6.52. The predicted molar refractivity (Wildman–Crippen MR) is 84.2 cm³/mol. The van der Waals surface area contributed by atoms with Crippen LogP contribution in [-0.2, 0) is 14.8 Å². The van der Waals surface area contributed by atoms with E-state index in [-0.39, 0.29) is 32.3 Å². The standard InChI is InChI=1S/C13H18Cl2N2O3S/c1-13(2)7-8(5-6-20-13)17-21(18,19)10-4-3-9(14)12(16)11(10)15/h3-4,8,17H,5-7,16H2,1-2H3. The van der Waals surface area contributed by atoms with Crippen LogP contribution in [0.3, 0.4) is 0 Å². The zero-order valence-electron chi connectivity index (χ0n) is 11.8. The molecule has 1 aromatic rings. The smallest absolute Gasteiger partial charge is 0.242 e. The van der Waals surface area contributed by atoms with Crippen LogP contribution in [0.15, 0.2) is 17.0 Å². The topological polar surface area (TPSA) is 81.4 Å². The Morgan fingerprint density at radius 2 is 2.05 bits per heavy atom. The van der Waals surface area contributed by atoms with E-state index in [1.54, 1.807) is 0 Å². The first-order valence-corrected chi connectivity index (χ1v) is 8.76. The van der Waals surface area contributed by atoms with Crippen LogP contribution in [0.5, 0.6) is 0 Å². The summed E-state index contributed by atoms with van der Waals surface area (Å²) in [7, 11) is -3.76. The first kappa shape index (κ1) is 16.8. The number of rotatable bonds is 3. The lowest BCUT2D eigenvalue weighted by atomic mass is 9.95. The van der Waals surface area contributed by atoms with Gasteiger partial charge in [0.15, 0.2) is 0 Å². The summed E-state index contributed by atoms with van der Waals surface area (Å²) in [6, 6.07) is 2.57. The van der Waals surface area contributed by atoms with Gasteiger partial charge >= 0.3 is 0 Å². The first-order chi connectivity index (χ1) is 9.62. The number of halogens is 2. The highest BCUT2D eigenvalue weighted by Gasteiger charge is 2.32. The number of hydrogen-bond donors (Lipinski definition) is 2. The number of sulfonamides is 1. The summed E-state index contributed by atoms with van der Waals surface area (Å²) in [5.74, 6) is 0. The van der Waals surface area contributed by atoms with E-state index in [2.05, 4.69) is 4.72 Å². The Bertz CT molecular complexity index is 647. The molecule has 0 amide bonds. The lowest BCUT2D eigenvalue weighted by Gasteiger charge is -2.35. The largest absolute Gasteiger partial charge is 0.396 e. The summed E-state index contributed by atoms with van der Waals surface area (Å²) in [6.07, 6.45) is 1.20. The van der Waals surface area contributed by atoms with Crippen LogP contribution in [0.2, 0.25) is 10.0 Å². The van der Waals surface area contributed by atoms with Gasteiger partial charge in [0.2, 0.25) is 10.0 Å². The number of nitrogen functional groups attached to an aromatic ring is 1. The third kappa shape index (κ3) is 3.81. The molecule has 1 heterocycles. The lowest BCUT2D eigenvalue weighted by molar-refractivity contribution is -0.0599. The van der Waals surface area contributed by atoms with Gasteiger partial charge < -0.3 is 10.5 Å². The molecule has 21 heavy (non-hydrogen) atoms. The minimum absolute atomic E-state index is 0.0543. The molecule has 1 aromatic carbocycles. The van der Waals surface area contributed by atoms with E-state index in [0.29, 0.717) is 19.4 Å². The van der Waals surface area contributed by atoms with Crippen molar-refractivity contribution in [3.05, 3.63) is 22.2 Å². The molecule has 2 rings (SSSR count). The molecule has 1 saturated heterocycles. The van der Waals surface area contributed by atoms with Gasteiger partial charge in [0, 0.05) is 12.6 Å². The molecule has 1 atom stereocenters. The van der Waals surface area contributed by atoms with Gasteiger partial charge in [-0.15, -0.1) is 0 Å². The quantitative estimate of drug-likeness (QED) is 0.819. The molecule has 1 aliphatic heterocycles. The summed E-state index contributed by atoms with van der Waals surface area (Å²) in [4.78, 5) is -0.0598. The molecule has 0 spiro atoms. The van der Waals surface area contributed by atoms with Crippen LogP contribution in [-0.4, -0.2) is 26.7 Å². The fourth-order valence-corrected chi connectivity index (χ4v) is 4.41. The monoisotopic (exact) mass is 352 g/mol. The van der Waals surface area contributed by atoms with Crippen LogP contribution in [0.1, 0.15) is 26.7 Å². The van der Waals surface area contributed by atoms with Crippen LogP contribution in [0.4, 0.5) is 5.69 Å². The van der Waals surface area contributed by atoms with Gasteiger partial charge in [-0.05, 0) is 38.8 Å². The lowest BCUT2D eigenvalue weighted by Crippen LogP contribution is -2.45. The number of nitrogens with two attached hydrogens (primary N) is 1. The summed E-state index contributed by atoms with van der Waals surface area (Å²) >= 11 is 11.8. The Hall–Kier alpha value is -0.530. The van der Waals surface area contributed by atoms with Gasteiger partial charge in [-0.1, -0.05) is 23.2 Å². The zero-order chi connectivity index (χ0) is 15.8. The SMILES string of the molecule is CC1(C)CC(NS(=O)(=O)c2ccc(Cl)c(N)c2Cl)CCO1. The predicted octanol–water partition coefficient (Wildman–Crippen LogP) is 2.81. The van der Waals surface area contributed by atoms with E-state index >= 15 is 0 Å². The molecule has 0 radical (unpaired) electrons. The van der Waals surface area contributed by atoms with Crippen LogP contribution >= 0.6 is 23.2 Å². The summed E-state index contributed by atoms with van der Waals surface area (Å²) in [5, 5.41) is 0.174. The van der Waals surface area contributed by atoms with E-state index in [1.807, 2.05) is 13.8 Å². The van der Waals surface area contributed by atoms with Crippen molar-refractivity contribution in [2.24, 2.45) is 0 Å². The number of anilines is 1. The van der Waals surface area contributed by atoms with Crippen molar-refractivity contribution >= 4 is 38.9 Å². The van der Waals surface area contributed by atoms with Gasteiger partial charge in [0.25, 0.3) is 0 Å². The Kier molecular flexibility index (Phi) is 4.75. The van der Waals surface area contributed by atoms with Crippen molar-refractivity contribution in [3.8, 4) is 0 Å². The number of ether oxygens (including phenoxy) is 1. The summed E-state index contributed by atoms with van der Waals surface area (Å²) in [6.45, 7) is 4.37. The molecule has 5 nitrogen and oxygen atoms in total. The molecule has 1 fully saturated rings. The molecular weight excluding hydrogens is 335 g/mol. The maximum Gasteiger partial charge on any atom is 0.242 e. The van der Waals surface area contributed by atoms with Crippen LogP contribution in [0, 0.1) is 0 Å². The molecule has 8 heteroatoms. The van der Waals surface area contributed by atoms with Gasteiger partial charge in [0.1, 0.15) is 4.90 Å². The second-order valence-electron chi connectivity index (χ2n) is 5.69. The van der Waals surface area contributed by atoms with Crippen molar-refractivity contribution in [1.82, 2.24) is 4.72 Å². The second-order valence-corrected chi connectivity index (χ2v) is 8.16. The average molecular weight is 353 g/mol. The third-order valence-electron chi connectivity index (χ3n) is 3.40. The maximum atomic E-state index is 12.5. The normalized spacial score (nSPS) is 22.2. The van der Waals surface area contributed by atoms with Crippen molar-refractivity contribution in [2.75, 3.05) is 12.3 Å². The van der Waals surface area contributed by atoms with Gasteiger partial charge in [0.05, 0.1) is 21.3 Å². The van der Waals surface area contributed by atoms with Crippen molar-refractivity contribution in [3.63, 3.8) is 0 Å². The molecule has 118 valence electrons. The molecule has 0 bridgehead atoms. The van der Waals surface area contributed by atoms with Crippen molar-refractivity contribution in [2.45, 2.75) is 43.2 Å². The number of nitrogens with one attached hydrogen (secondary N) is 1. The fourth-order valence-electron chi connectivity index (χ4n) is 2.37. The van der Waals surface area contributed by atoms with Crippen LogP contribution in [0.25, 0.3) is 0 Å². The highest BCUT2D eigenvalue weighted by molar-refractivity contribution is 7.89. The molecule has 0 aliphatic carbocycles. The third-order valence-corrected chi connectivity index (χ3v) is 5.81. The fraction of sp³-hybridized carbons (Fsp3) is 0.538. The molecular formula is C13H18Cl2N2O3S. The number of hydrogen-bond acceptors (Lipinski definition) is 4. The van der Waals surface area contributed by atoms with E-state index in [4.69, 9.17) is 33.7 Å². The maximum absolute atomic E-state index is 12.5. The molecule has 1 aliphatic rings. The molecule has 3 N–H and O–H groups in total. The summed E-state index contributed by atoms with van der Waals surface area (Å²) < 4.78 is 33.2. The Morgan fingerprint density at radius 3 is 2.67 bits per heavy atom. The van der Waals surface area contributed by atoms with Gasteiger partial charge in [-0.3, -0.25) is 0 Å². The van der Waals surface area contributed by atoms with E-state index in [0.717, 1.165) is 0 Å². The highest BCUT2D eigenvalue weighted by Crippen LogP contribution is 2.33. The van der Waals surface area contributed by atoms with E-state index in [1.165, 1.54) is 12.1 Å². The molecule has 1 unspecified atom stereocenters. The van der Waals surface area contributed by atoms with E-state index < -0.39 is 10.0 Å². The van der Waals surface area contributed by atoms with Crippen molar-refractivity contribution < 1.29 is 13.2 Å². The Labute approximate surface area is 134 Å². The average Bonchev–Trinajstić information content (AvgIpc) is 2.33.